The SMILES string of the molecule is CS(=O)(=O)c1ccc2nc(Nc3ccc4c(c3)NCCS4)c3[nH]ncc3c2c1. The smallest absolute Gasteiger partial charge is 0.175 e. The number of fused-ring (bicyclic) bond motifs is 4. The molecule has 3 N–H and O–H groups in total. The molecule has 0 saturated heterocycles. The lowest BCUT2D eigenvalue weighted by molar-refractivity contribution is 0.602. The van der Waals surface area contributed by atoms with Crippen LogP contribution < -0.4 is 10.6 Å². The van der Waals surface area contributed by atoms with Crippen molar-refractivity contribution >= 4 is 60.6 Å². The highest BCUT2D eigenvalue weighted by Gasteiger charge is 2.15. The predicted octanol–water partition coefficient (Wildman–Crippen LogP) is 3.78. The maximum absolute atomic E-state index is 11.9. The van der Waals surface area contributed by atoms with Gasteiger partial charge in [-0.25, -0.2) is 13.4 Å². The molecule has 28 heavy (non-hydrogen) atoms. The third-order valence-corrected chi connectivity index (χ3v) is 6.90. The predicted molar refractivity (Wildman–Crippen MR) is 113 cm³/mol. The Morgan fingerprint density at radius 1 is 1.14 bits per heavy atom. The van der Waals surface area contributed by atoms with Gasteiger partial charge in [-0.15, -0.1) is 11.8 Å². The number of benzene rings is 2. The molecule has 0 unspecified atom stereocenters. The molecule has 0 atom stereocenters. The standard InChI is InChI=1S/C19H17N5O2S2/c1-28(25,26)12-3-4-15-13(9-12)14-10-21-24-18(14)19(23-15)22-11-2-5-17-16(8-11)20-6-7-27-17/h2-5,8-10,20H,6-7H2,1H3,(H,21,24)(H,22,23). The Labute approximate surface area is 165 Å². The van der Waals surface area contributed by atoms with E-state index < -0.39 is 9.84 Å². The van der Waals surface area contributed by atoms with Crippen molar-refractivity contribution < 1.29 is 8.42 Å². The van der Waals surface area contributed by atoms with Crippen LogP contribution in [0.4, 0.5) is 17.2 Å². The van der Waals surface area contributed by atoms with E-state index in [1.807, 2.05) is 17.8 Å². The van der Waals surface area contributed by atoms with Crippen LogP contribution in [0.2, 0.25) is 0 Å². The van der Waals surface area contributed by atoms with Gasteiger partial charge >= 0.3 is 0 Å². The molecule has 0 saturated carbocycles. The summed E-state index contributed by atoms with van der Waals surface area (Å²) in [6, 6.07) is 11.2. The molecule has 9 heteroatoms. The highest BCUT2D eigenvalue weighted by molar-refractivity contribution is 7.99. The van der Waals surface area contributed by atoms with E-state index in [1.54, 1.807) is 24.4 Å². The Bertz CT molecular complexity index is 1330. The van der Waals surface area contributed by atoms with Gasteiger partial charge < -0.3 is 10.6 Å². The summed E-state index contributed by atoms with van der Waals surface area (Å²) in [7, 11) is -3.30. The number of pyridine rings is 1. The van der Waals surface area contributed by atoms with Gasteiger partial charge in [-0.1, -0.05) is 0 Å². The summed E-state index contributed by atoms with van der Waals surface area (Å²) in [5.41, 5.74) is 3.47. The van der Waals surface area contributed by atoms with E-state index in [2.05, 4.69) is 33.0 Å². The van der Waals surface area contributed by atoms with Crippen molar-refractivity contribution in [1.82, 2.24) is 15.2 Å². The first-order valence-electron chi connectivity index (χ1n) is 8.74. The first-order valence-corrected chi connectivity index (χ1v) is 11.6. The highest BCUT2D eigenvalue weighted by Crippen LogP contribution is 2.35. The Morgan fingerprint density at radius 2 is 2.04 bits per heavy atom. The van der Waals surface area contributed by atoms with Gasteiger partial charge in [-0.3, -0.25) is 5.10 Å². The first-order chi connectivity index (χ1) is 13.5. The Kier molecular flexibility index (Phi) is 3.95. The minimum absolute atomic E-state index is 0.267. The molecule has 1 aliphatic heterocycles. The molecule has 7 nitrogen and oxygen atoms in total. The Balaban J connectivity index is 1.62. The lowest BCUT2D eigenvalue weighted by Crippen LogP contribution is -2.10. The van der Waals surface area contributed by atoms with Crippen LogP contribution in [-0.4, -0.2) is 42.2 Å². The van der Waals surface area contributed by atoms with Gasteiger partial charge in [-0.05, 0) is 36.4 Å². The zero-order valence-corrected chi connectivity index (χ0v) is 16.6. The summed E-state index contributed by atoms with van der Waals surface area (Å²) in [6.45, 7) is 0.947. The fraction of sp³-hybridized carbons (Fsp3) is 0.158. The van der Waals surface area contributed by atoms with Crippen LogP contribution >= 0.6 is 11.8 Å². The molecule has 0 spiro atoms. The molecule has 3 heterocycles. The van der Waals surface area contributed by atoms with Crippen molar-refractivity contribution in [2.24, 2.45) is 0 Å². The molecule has 142 valence electrons. The number of rotatable bonds is 3. The molecule has 5 rings (SSSR count). The Morgan fingerprint density at radius 3 is 2.89 bits per heavy atom. The van der Waals surface area contributed by atoms with Crippen molar-refractivity contribution in [3.8, 4) is 0 Å². The average Bonchev–Trinajstić information content (AvgIpc) is 3.17. The van der Waals surface area contributed by atoms with Gasteiger partial charge in [0, 0.05) is 45.6 Å². The number of nitrogens with zero attached hydrogens (tertiary/aromatic N) is 2. The molecule has 0 radical (unpaired) electrons. The number of sulfone groups is 1. The summed E-state index contributed by atoms with van der Waals surface area (Å²) < 4.78 is 23.8. The molecular formula is C19H17N5O2S2. The van der Waals surface area contributed by atoms with Gasteiger partial charge in [0.1, 0.15) is 5.52 Å². The molecule has 2 aromatic heterocycles. The zero-order chi connectivity index (χ0) is 19.3. The van der Waals surface area contributed by atoms with E-state index in [9.17, 15) is 8.42 Å². The number of hydrogen-bond donors (Lipinski definition) is 3. The van der Waals surface area contributed by atoms with Crippen molar-refractivity contribution in [2.45, 2.75) is 9.79 Å². The first kappa shape index (κ1) is 17.3. The summed E-state index contributed by atoms with van der Waals surface area (Å²) in [4.78, 5) is 6.21. The van der Waals surface area contributed by atoms with Crippen LogP contribution in [0.3, 0.4) is 0 Å². The van der Waals surface area contributed by atoms with Crippen molar-refractivity contribution in [3.05, 3.63) is 42.6 Å². The third-order valence-electron chi connectivity index (χ3n) is 4.71. The van der Waals surface area contributed by atoms with E-state index in [0.29, 0.717) is 11.3 Å². The maximum atomic E-state index is 11.9. The van der Waals surface area contributed by atoms with Crippen LogP contribution in [0.25, 0.3) is 21.8 Å². The minimum atomic E-state index is -3.30. The lowest BCUT2D eigenvalue weighted by atomic mass is 10.1. The van der Waals surface area contributed by atoms with Gasteiger partial charge in [-0.2, -0.15) is 5.10 Å². The largest absolute Gasteiger partial charge is 0.383 e. The van der Waals surface area contributed by atoms with E-state index in [1.165, 1.54) is 11.2 Å². The highest BCUT2D eigenvalue weighted by atomic mass is 32.2. The lowest BCUT2D eigenvalue weighted by Gasteiger charge is -2.18. The Hall–Kier alpha value is -2.78. The van der Waals surface area contributed by atoms with E-state index in [4.69, 9.17) is 4.98 Å². The molecular weight excluding hydrogens is 394 g/mol. The second-order valence-corrected chi connectivity index (χ2v) is 9.83. The van der Waals surface area contributed by atoms with Gasteiger partial charge in [0.2, 0.25) is 0 Å². The second kappa shape index (κ2) is 6.39. The number of H-pyrrole nitrogens is 1. The van der Waals surface area contributed by atoms with Crippen LogP contribution in [0.5, 0.6) is 0 Å². The van der Waals surface area contributed by atoms with E-state index in [0.717, 1.165) is 40.0 Å². The topological polar surface area (TPSA) is 99.8 Å². The molecule has 4 aromatic rings. The van der Waals surface area contributed by atoms with Crippen LogP contribution in [0.15, 0.2) is 52.4 Å². The third kappa shape index (κ3) is 2.96. The maximum Gasteiger partial charge on any atom is 0.175 e. The summed E-state index contributed by atoms with van der Waals surface area (Å²) in [5, 5.41) is 15.5. The van der Waals surface area contributed by atoms with Crippen molar-refractivity contribution in [3.63, 3.8) is 0 Å². The van der Waals surface area contributed by atoms with Crippen LogP contribution in [0, 0.1) is 0 Å². The zero-order valence-electron chi connectivity index (χ0n) is 15.0. The number of aromatic nitrogens is 3. The fourth-order valence-corrected chi connectivity index (χ4v) is 4.87. The number of hydrogen-bond acceptors (Lipinski definition) is 7. The van der Waals surface area contributed by atoms with Crippen LogP contribution in [0.1, 0.15) is 0 Å². The molecule has 0 aliphatic carbocycles. The summed E-state index contributed by atoms with van der Waals surface area (Å²) in [6.07, 6.45) is 2.90. The van der Waals surface area contributed by atoms with Crippen molar-refractivity contribution in [2.75, 3.05) is 29.2 Å². The number of nitrogens with one attached hydrogen (secondary N) is 3. The molecule has 0 bridgehead atoms. The quantitative estimate of drug-likeness (QED) is 0.472. The normalized spacial score (nSPS) is 14.0. The van der Waals surface area contributed by atoms with E-state index >= 15 is 0 Å². The van der Waals surface area contributed by atoms with Gasteiger partial charge in [0.25, 0.3) is 0 Å². The second-order valence-electron chi connectivity index (χ2n) is 6.68. The minimum Gasteiger partial charge on any atom is -0.383 e. The van der Waals surface area contributed by atoms with Crippen molar-refractivity contribution in [1.29, 1.82) is 0 Å². The number of thioether (sulfide) groups is 1. The van der Waals surface area contributed by atoms with Gasteiger partial charge in [0.05, 0.1) is 16.6 Å². The molecule has 2 aromatic carbocycles. The number of anilines is 3. The van der Waals surface area contributed by atoms with Crippen LogP contribution in [-0.2, 0) is 9.84 Å². The molecule has 0 fully saturated rings. The van der Waals surface area contributed by atoms with E-state index in [-0.39, 0.29) is 4.90 Å². The monoisotopic (exact) mass is 411 g/mol. The molecule has 0 amide bonds. The van der Waals surface area contributed by atoms with Gasteiger partial charge in [0.15, 0.2) is 15.7 Å². The molecule has 1 aliphatic rings. The fourth-order valence-electron chi connectivity index (χ4n) is 3.35. The summed E-state index contributed by atoms with van der Waals surface area (Å²) >= 11 is 1.84. The summed E-state index contributed by atoms with van der Waals surface area (Å²) in [5.74, 6) is 1.71. The average molecular weight is 412 g/mol. The number of aromatic amines is 1.